The minimum atomic E-state index is -4.62. The van der Waals surface area contributed by atoms with E-state index in [1.165, 1.54) is 0 Å². The highest BCUT2D eigenvalue weighted by molar-refractivity contribution is 5.74. The number of halogens is 3. The molecule has 176 valence electrons. The van der Waals surface area contributed by atoms with Crippen molar-refractivity contribution in [2.75, 3.05) is 59.2 Å². The summed E-state index contributed by atoms with van der Waals surface area (Å²) in [7, 11) is 0. The van der Waals surface area contributed by atoms with Crippen LogP contribution in [0.5, 0.6) is 0 Å². The van der Waals surface area contributed by atoms with Gasteiger partial charge in [-0.3, -0.25) is 9.53 Å². The van der Waals surface area contributed by atoms with Crippen molar-refractivity contribution < 1.29 is 32.2 Å². The Balaban J connectivity index is 1.54. The molecule has 31 heavy (non-hydrogen) atoms. The molecule has 1 aliphatic rings. The van der Waals surface area contributed by atoms with Gasteiger partial charge in [-0.1, -0.05) is 30.3 Å². The van der Waals surface area contributed by atoms with E-state index in [0.717, 1.165) is 31.6 Å². The van der Waals surface area contributed by atoms with Crippen molar-refractivity contribution in [3.8, 4) is 0 Å². The molecule has 0 unspecified atom stereocenters. The summed E-state index contributed by atoms with van der Waals surface area (Å²) in [6, 6.07) is 10.3. The van der Waals surface area contributed by atoms with Gasteiger partial charge in [0.2, 0.25) is 5.91 Å². The van der Waals surface area contributed by atoms with Gasteiger partial charge < -0.3 is 25.4 Å². The number of hydrogen-bond donors (Lipinski definition) is 2. The lowest BCUT2D eigenvalue weighted by Gasteiger charge is -2.23. The largest absolute Gasteiger partial charge is 0.522 e. The summed E-state index contributed by atoms with van der Waals surface area (Å²) in [5, 5.41) is 3.45. The van der Waals surface area contributed by atoms with Crippen molar-refractivity contribution in [2.24, 2.45) is 5.73 Å². The molecule has 2 atom stereocenters. The Morgan fingerprint density at radius 2 is 1.81 bits per heavy atom. The Morgan fingerprint density at radius 1 is 1.13 bits per heavy atom. The second-order valence-corrected chi connectivity index (χ2v) is 7.50. The summed E-state index contributed by atoms with van der Waals surface area (Å²) >= 11 is 0. The number of benzene rings is 1. The zero-order chi connectivity index (χ0) is 22.5. The topological polar surface area (TPSA) is 86.1 Å². The molecule has 1 saturated heterocycles. The van der Waals surface area contributed by atoms with E-state index in [2.05, 4.69) is 15.0 Å². The minimum absolute atomic E-state index is 0.0855. The normalized spacial score (nSPS) is 18.4. The van der Waals surface area contributed by atoms with Gasteiger partial charge >= 0.3 is 6.36 Å². The molecule has 1 aliphatic heterocycles. The van der Waals surface area contributed by atoms with Gasteiger partial charge in [0, 0.05) is 38.0 Å². The summed E-state index contributed by atoms with van der Waals surface area (Å²) in [6.45, 7) is 3.70. The summed E-state index contributed by atoms with van der Waals surface area (Å²) < 4.78 is 49.4. The van der Waals surface area contributed by atoms with E-state index in [9.17, 15) is 18.0 Å². The average molecular weight is 447 g/mol. The number of carbonyl (C=O) groups excluding carboxylic acids is 1. The van der Waals surface area contributed by atoms with E-state index in [4.69, 9.17) is 15.2 Å². The first-order valence-corrected chi connectivity index (χ1v) is 10.5. The quantitative estimate of drug-likeness (QED) is 0.400. The van der Waals surface area contributed by atoms with Gasteiger partial charge in [-0.05, 0) is 18.5 Å². The van der Waals surface area contributed by atoms with Crippen LogP contribution in [0.2, 0.25) is 0 Å². The maximum absolute atomic E-state index is 11.8. The van der Waals surface area contributed by atoms with Crippen LogP contribution in [0.15, 0.2) is 30.3 Å². The lowest BCUT2D eigenvalue weighted by molar-refractivity contribution is -0.327. The number of amides is 1. The molecule has 1 fully saturated rings. The first-order valence-electron chi connectivity index (χ1n) is 10.5. The number of likely N-dealkylation sites (tertiary alicyclic amines) is 1. The maximum Gasteiger partial charge on any atom is 0.522 e. The summed E-state index contributed by atoms with van der Waals surface area (Å²) in [5.74, 6) is -0.209. The van der Waals surface area contributed by atoms with Gasteiger partial charge in [-0.25, -0.2) is 0 Å². The van der Waals surface area contributed by atoms with Crippen molar-refractivity contribution in [1.82, 2.24) is 10.2 Å². The van der Waals surface area contributed by atoms with E-state index in [1.54, 1.807) is 0 Å². The monoisotopic (exact) mass is 447 g/mol. The van der Waals surface area contributed by atoms with Crippen molar-refractivity contribution in [3.05, 3.63) is 35.9 Å². The highest BCUT2D eigenvalue weighted by Gasteiger charge is 2.28. The van der Waals surface area contributed by atoms with E-state index < -0.39 is 13.0 Å². The van der Waals surface area contributed by atoms with Crippen LogP contribution in [0.25, 0.3) is 0 Å². The number of alkyl halides is 3. The van der Waals surface area contributed by atoms with Crippen molar-refractivity contribution in [3.63, 3.8) is 0 Å². The molecule has 0 radical (unpaired) electrons. The van der Waals surface area contributed by atoms with Gasteiger partial charge in [0.1, 0.15) is 0 Å². The summed E-state index contributed by atoms with van der Waals surface area (Å²) in [6.07, 6.45) is -3.27. The molecule has 1 aromatic rings. The third kappa shape index (κ3) is 11.5. The molecule has 1 amide bonds. The van der Waals surface area contributed by atoms with Crippen molar-refractivity contribution >= 4 is 5.91 Å². The zero-order valence-corrected chi connectivity index (χ0v) is 17.6. The summed E-state index contributed by atoms with van der Waals surface area (Å²) in [4.78, 5) is 13.8. The van der Waals surface area contributed by atoms with Crippen molar-refractivity contribution in [2.45, 2.75) is 31.2 Å². The number of nitrogens with one attached hydrogen (secondary N) is 1. The van der Waals surface area contributed by atoms with Crippen LogP contribution in [-0.4, -0.2) is 82.4 Å². The molecule has 0 saturated carbocycles. The Labute approximate surface area is 181 Å². The first kappa shape index (κ1) is 25.5. The number of primary amides is 1. The SMILES string of the molecule is NC(=O)C[C@H](CN1CC[C@H](NCCOCCOCCOC(F)(F)F)C1)c1ccccc1. The molecule has 0 bridgehead atoms. The molecule has 1 heterocycles. The van der Waals surface area contributed by atoms with Crippen LogP contribution in [0.4, 0.5) is 13.2 Å². The molecule has 3 N–H and O–H groups in total. The maximum atomic E-state index is 11.8. The molecule has 10 heteroatoms. The fraction of sp³-hybridized carbons (Fsp3) is 0.667. The second kappa shape index (κ2) is 13.6. The van der Waals surface area contributed by atoms with Crippen LogP contribution in [-0.2, 0) is 19.0 Å². The van der Waals surface area contributed by atoms with Gasteiger partial charge in [0.05, 0.1) is 33.0 Å². The third-order valence-corrected chi connectivity index (χ3v) is 5.01. The molecular formula is C21H32F3N3O4. The van der Waals surface area contributed by atoms with E-state index in [-0.39, 0.29) is 25.0 Å². The van der Waals surface area contributed by atoms with Gasteiger partial charge in [-0.15, -0.1) is 13.2 Å². The van der Waals surface area contributed by atoms with Gasteiger partial charge in [0.25, 0.3) is 0 Å². The van der Waals surface area contributed by atoms with Crippen LogP contribution in [0, 0.1) is 0 Å². The molecular weight excluding hydrogens is 415 g/mol. The lowest BCUT2D eigenvalue weighted by Crippen LogP contribution is -2.36. The third-order valence-electron chi connectivity index (χ3n) is 5.01. The van der Waals surface area contributed by atoms with Crippen LogP contribution in [0.3, 0.4) is 0 Å². The van der Waals surface area contributed by atoms with E-state index in [1.807, 2.05) is 30.3 Å². The van der Waals surface area contributed by atoms with Crippen LogP contribution in [0.1, 0.15) is 24.3 Å². The van der Waals surface area contributed by atoms with Gasteiger partial charge in [0.15, 0.2) is 0 Å². The van der Waals surface area contributed by atoms with Gasteiger partial charge in [-0.2, -0.15) is 0 Å². The number of rotatable bonds is 15. The Morgan fingerprint density at radius 3 is 2.48 bits per heavy atom. The molecule has 0 spiro atoms. The van der Waals surface area contributed by atoms with E-state index >= 15 is 0 Å². The Bertz CT molecular complexity index is 634. The Kier molecular flexibility index (Phi) is 11.2. The molecule has 0 aliphatic carbocycles. The van der Waals surface area contributed by atoms with Crippen LogP contribution >= 0.6 is 0 Å². The lowest BCUT2D eigenvalue weighted by atomic mass is 9.95. The molecule has 1 aromatic carbocycles. The zero-order valence-electron chi connectivity index (χ0n) is 17.6. The number of ether oxygens (including phenoxy) is 3. The second-order valence-electron chi connectivity index (χ2n) is 7.50. The number of nitrogens with two attached hydrogens (primary N) is 1. The van der Waals surface area contributed by atoms with Crippen molar-refractivity contribution in [1.29, 1.82) is 0 Å². The fourth-order valence-corrected chi connectivity index (χ4v) is 3.61. The number of carbonyl (C=O) groups is 1. The standard InChI is InChI=1S/C21H32F3N3O4/c22-21(23,24)31-13-12-30-11-10-29-9-7-26-19-6-8-27(16-19)15-18(14-20(25)28)17-4-2-1-3-5-17/h1-5,18-19,26H,6-16H2,(H2,25,28)/t18-,19+/m1/s1. The fourth-order valence-electron chi connectivity index (χ4n) is 3.61. The van der Waals surface area contributed by atoms with E-state index in [0.29, 0.717) is 32.2 Å². The highest BCUT2D eigenvalue weighted by Crippen LogP contribution is 2.23. The van der Waals surface area contributed by atoms with Crippen LogP contribution < -0.4 is 11.1 Å². The average Bonchev–Trinajstić information content (AvgIpc) is 3.15. The predicted octanol–water partition coefficient (Wildman–Crippen LogP) is 1.88. The Hall–Kier alpha value is -1.72. The molecule has 7 nitrogen and oxygen atoms in total. The highest BCUT2D eigenvalue weighted by atomic mass is 19.4. The molecule has 2 rings (SSSR count). The minimum Gasteiger partial charge on any atom is -0.378 e. The number of hydrogen-bond acceptors (Lipinski definition) is 6. The first-order chi connectivity index (χ1) is 14.8. The molecule has 0 aromatic heterocycles. The summed E-state index contributed by atoms with van der Waals surface area (Å²) in [5.41, 5.74) is 6.57. The number of nitrogens with zero attached hydrogens (tertiary/aromatic N) is 1. The smallest absolute Gasteiger partial charge is 0.378 e. The predicted molar refractivity (Wildman–Crippen MR) is 109 cm³/mol.